The summed E-state index contributed by atoms with van der Waals surface area (Å²) in [4.78, 5) is 95.4. The molecule has 0 N–H and O–H groups in total. The molecule has 0 aliphatic rings. The first-order chi connectivity index (χ1) is 64.3. The van der Waals surface area contributed by atoms with E-state index in [1.54, 1.807) is 80.7 Å². The maximum Gasteiger partial charge on any atom is 0.159 e. The summed E-state index contributed by atoms with van der Waals surface area (Å²) >= 11 is 0. The molecule has 2 aromatic carbocycles. The summed E-state index contributed by atoms with van der Waals surface area (Å²) in [5.74, 6) is 0. The van der Waals surface area contributed by atoms with Gasteiger partial charge < -0.3 is 0 Å². The molecule has 0 fully saturated rings. The first-order valence-corrected chi connectivity index (χ1v) is 42.5. The van der Waals surface area contributed by atoms with Crippen LogP contribution in [0.2, 0.25) is 0 Å². The number of rotatable bonds is 0. The van der Waals surface area contributed by atoms with Crippen LogP contribution in [-0.2, 0) is 0 Å². The number of fused-ring (bicyclic) bond motifs is 12. The Bertz CT molecular complexity index is 6410. The molecular formula is C109H97N23. The number of nitrogens with zero attached hydrogens (tertiary/aromatic N) is 23. The highest BCUT2D eigenvalue weighted by Crippen LogP contribution is 2.20. The number of para-hydroxylation sites is 1. The van der Waals surface area contributed by atoms with Crippen LogP contribution in [0.5, 0.6) is 0 Å². The molecule has 24 aromatic rings. The molecule has 24 rings (SSSR count). The molecule has 23 nitrogen and oxygen atoms in total. The van der Waals surface area contributed by atoms with Gasteiger partial charge in [-0.25, -0.2) is 29.9 Å². The Balaban J connectivity index is 0.000000122. The van der Waals surface area contributed by atoms with Gasteiger partial charge in [0.1, 0.15) is 6.33 Å². The van der Waals surface area contributed by atoms with E-state index in [9.17, 15) is 0 Å². The van der Waals surface area contributed by atoms with Crippen LogP contribution in [0.1, 0.15) is 67.7 Å². The second-order valence-corrected chi connectivity index (χ2v) is 30.6. The van der Waals surface area contributed by atoms with Gasteiger partial charge in [0.2, 0.25) is 0 Å². The Hall–Kier alpha value is -17.2. The third-order valence-corrected chi connectivity index (χ3v) is 19.7. The van der Waals surface area contributed by atoms with E-state index in [-0.39, 0.29) is 0 Å². The van der Waals surface area contributed by atoms with Crippen LogP contribution in [0.15, 0.2) is 373 Å². The zero-order valence-corrected chi connectivity index (χ0v) is 75.5. The lowest BCUT2D eigenvalue weighted by Crippen LogP contribution is -1.85. The maximum absolute atomic E-state index is 4.34. The number of aromatic nitrogens is 23. The number of benzene rings is 2. The van der Waals surface area contributed by atoms with Crippen molar-refractivity contribution in [2.75, 3.05) is 0 Å². The van der Waals surface area contributed by atoms with E-state index >= 15 is 0 Å². The molecule has 0 aliphatic carbocycles. The van der Waals surface area contributed by atoms with Crippen LogP contribution in [0, 0.1) is 83.1 Å². The Morgan fingerprint density at radius 2 is 0.598 bits per heavy atom. The highest BCUT2D eigenvalue weighted by atomic mass is 14.9. The molecule has 0 radical (unpaired) electrons. The number of hydrogen-bond acceptors (Lipinski definition) is 23. The molecule has 0 amide bonds. The van der Waals surface area contributed by atoms with Gasteiger partial charge in [0.25, 0.3) is 0 Å². The van der Waals surface area contributed by atoms with E-state index in [0.717, 1.165) is 166 Å². The molecule has 0 saturated carbocycles. The van der Waals surface area contributed by atoms with Gasteiger partial charge in [-0.05, 0) is 293 Å². The average molecular weight is 1730 g/mol. The zero-order valence-electron chi connectivity index (χ0n) is 75.5. The van der Waals surface area contributed by atoms with Crippen molar-refractivity contribution in [2.45, 2.75) is 83.1 Å². The van der Waals surface area contributed by atoms with Crippen molar-refractivity contribution in [3.63, 3.8) is 0 Å². The third-order valence-electron chi connectivity index (χ3n) is 19.7. The van der Waals surface area contributed by atoms with Crippen LogP contribution in [0.25, 0.3) is 131 Å². The van der Waals surface area contributed by atoms with E-state index in [0.29, 0.717) is 0 Å². The first kappa shape index (κ1) is 92.5. The van der Waals surface area contributed by atoms with Crippen LogP contribution in [0.3, 0.4) is 0 Å². The van der Waals surface area contributed by atoms with Gasteiger partial charge in [0.05, 0.1) is 62.0 Å². The predicted molar refractivity (Wildman–Crippen MR) is 534 cm³/mol. The number of aryl methyl sites for hydroxylation is 12. The van der Waals surface area contributed by atoms with Gasteiger partial charge in [-0.3, -0.25) is 84.7 Å². The fraction of sp³-hybridized carbons (Fsp3) is 0.110. The average Bonchev–Trinajstić information content (AvgIpc) is 0.848. The minimum atomic E-state index is 0.818. The van der Waals surface area contributed by atoms with E-state index in [4.69, 9.17) is 0 Å². The smallest absolute Gasteiger partial charge is 0.159 e. The van der Waals surface area contributed by atoms with Crippen LogP contribution in [0.4, 0.5) is 0 Å². The predicted octanol–water partition coefficient (Wildman–Crippen LogP) is 23.9. The molecule has 0 saturated heterocycles. The van der Waals surface area contributed by atoms with Crippen molar-refractivity contribution in [3.8, 4) is 0 Å². The molecule has 22 heterocycles. The molecular weight excluding hydrogens is 1630 g/mol. The van der Waals surface area contributed by atoms with Crippen molar-refractivity contribution in [1.29, 1.82) is 0 Å². The summed E-state index contributed by atoms with van der Waals surface area (Å²) < 4.78 is 0. The summed E-state index contributed by atoms with van der Waals surface area (Å²) in [6, 6.07) is 72.1. The lowest BCUT2D eigenvalue weighted by Gasteiger charge is -1.96. The van der Waals surface area contributed by atoms with E-state index in [1.165, 1.54) is 33.0 Å². The Labute approximate surface area is 765 Å². The summed E-state index contributed by atoms with van der Waals surface area (Å²) in [6.07, 6.45) is 45.0. The summed E-state index contributed by atoms with van der Waals surface area (Å²) in [7, 11) is 0. The summed E-state index contributed by atoms with van der Waals surface area (Å²) in [6.45, 7) is 24.0. The second-order valence-electron chi connectivity index (χ2n) is 30.6. The summed E-state index contributed by atoms with van der Waals surface area (Å²) in [5, 5.41) is 14.7. The SMILES string of the molecule is Cc1cc2ccncc2cn1.Cc1cc2cnccc2cn1.Cc1cc2ncccc2cn1.Cc1ccc2cccnc2n1.Cc1ccc2ccncc2n1.Cc1ccc2cnccc2n1.Cc1ccc2ncccc2c1.Cc1cnc2cccnc2c1.Cc1cnc2ccncc2c1.Cc1cnc2cnccc2c1.Cc1cnc2ncccc2c1.Cc1ncnc2ccccc12. The van der Waals surface area contributed by atoms with Crippen molar-refractivity contribution >= 4 is 131 Å². The highest BCUT2D eigenvalue weighted by molar-refractivity contribution is 5.85. The Kier molecular flexibility index (Phi) is 33.2. The largest absolute Gasteiger partial charge is 0.264 e. The van der Waals surface area contributed by atoms with Crippen LogP contribution < -0.4 is 0 Å². The maximum atomic E-state index is 4.34. The minimum Gasteiger partial charge on any atom is -0.264 e. The lowest BCUT2D eigenvalue weighted by molar-refractivity contribution is 1.15. The van der Waals surface area contributed by atoms with Gasteiger partial charge in [-0.2, -0.15) is 0 Å². The molecule has 0 aliphatic heterocycles. The van der Waals surface area contributed by atoms with Crippen molar-refractivity contribution in [2.24, 2.45) is 0 Å². The fourth-order valence-corrected chi connectivity index (χ4v) is 13.1. The third kappa shape index (κ3) is 28.1. The van der Waals surface area contributed by atoms with Crippen molar-refractivity contribution in [1.82, 2.24) is 115 Å². The fourth-order valence-electron chi connectivity index (χ4n) is 13.1. The minimum absolute atomic E-state index is 0.818. The topological polar surface area (TPSA) is 296 Å². The van der Waals surface area contributed by atoms with Crippen LogP contribution >= 0.6 is 0 Å². The quantitative estimate of drug-likeness (QED) is 0.136. The monoisotopic (exact) mass is 1730 g/mol. The van der Waals surface area contributed by atoms with Gasteiger partial charge >= 0.3 is 0 Å². The number of hydrogen-bond donors (Lipinski definition) is 0. The molecule has 0 atom stereocenters. The van der Waals surface area contributed by atoms with Gasteiger partial charge in [0.15, 0.2) is 11.3 Å². The lowest BCUT2D eigenvalue weighted by atomic mass is 10.1. The highest BCUT2D eigenvalue weighted by Gasteiger charge is 2.03. The Morgan fingerprint density at radius 3 is 1.32 bits per heavy atom. The first-order valence-electron chi connectivity index (χ1n) is 42.5. The molecule has 0 bridgehead atoms. The molecule has 22 aromatic heterocycles. The molecule has 648 valence electrons. The number of pyridine rings is 21. The Morgan fingerprint density at radius 1 is 0.159 bits per heavy atom. The summed E-state index contributed by atoms with van der Waals surface area (Å²) in [5.41, 5.74) is 23.8. The van der Waals surface area contributed by atoms with Gasteiger partial charge in [-0.15, -0.1) is 0 Å². The molecule has 23 heteroatoms. The van der Waals surface area contributed by atoms with Crippen molar-refractivity contribution < 1.29 is 0 Å². The zero-order chi connectivity index (χ0) is 92.2. The standard InChI is InChI=1S/C10H9N.11C9H8N2/c1-8-4-5-10-9(7-8)3-2-6-11-10;1-7-4-9-5-10-3-2-8(9)6-11-7;1-7-4-8-2-3-10-5-9(8)6-11-7;1-7-4-8-6-10-3-2-9(8)11-5-7;1-7-4-8-2-3-10-6-9(8)11-5-7;1-7-2-3-8-6-10-5-4-9(8)11-7;1-7-2-3-8-4-5-10-6-9(8)11-7;1-7-4-5-8-3-2-6-10-9(8)11-7;1-7-5-9-8(6-11-7)3-2-4-10-9;1-7-5-9-8(11-6-7)3-2-4-10-9;1-7-5-8-3-2-4-10-9(8)11-6-7;1-7-8-4-2-3-5-9(8)11-6-10-7/h2-7H,1H3;11*2-6H,1H3. The van der Waals surface area contributed by atoms with Crippen molar-refractivity contribution in [3.05, 3.63) is 441 Å². The molecule has 132 heavy (non-hydrogen) atoms. The molecule has 0 unspecified atom stereocenters. The normalized spacial score (nSPS) is 10.3. The molecule has 0 spiro atoms. The van der Waals surface area contributed by atoms with E-state index in [1.807, 2.05) is 320 Å². The van der Waals surface area contributed by atoms with Gasteiger partial charge in [-0.1, -0.05) is 42.0 Å². The van der Waals surface area contributed by atoms with Crippen LogP contribution in [-0.4, -0.2) is 115 Å². The van der Waals surface area contributed by atoms with E-state index < -0.39 is 0 Å². The second kappa shape index (κ2) is 47.4. The van der Waals surface area contributed by atoms with E-state index in [2.05, 4.69) is 170 Å². The van der Waals surface area contributed by atoms with Gasteiger partial charge in [0, 0.05) is 241 Å².